The number of carboxylic acids is 1. The molecule has 23 heavy (non-hydrogen) atoms. The molecule has 1 N–H and O–H groups in total. The predicted molar refractivity (Wildman–Crippen MR) is 88.6 cm³/mol. The maximum absolute atomic E-state index is 12.7. The van der Waals surface area contributed by atoms with Crippen LogP contribution in [-0.2, 0) is 4.79 Å². The summed E-state index contributed by atoms with van der Waals surface area (Å²) in [6, 6.07) is 7.15. The highest BCUT2D eigenvalue weighted by Gasteiger charge is 2.33. The van der Waals surface area contributed by atoms with Crippen LogP contribution in [0.15, 0.2) is 29.6 Å². The van der Waals surface area contributed by atoms with Crippen molar-refractivity contribution in [3.8, 4) is 10.6 Å². The number of hydrogen-bond donors (Lipinski definition) is 1. The second kappa shape index (κ2) is 6.50. The summed E-state index contributed by atoms with van der Waals surface area (Å²) < 4.78 is 0. The quantitative estimate of drug-likeness (QED) is 0.938. The van der Waals surface area contributed by atoms with Gasteiger partial charge in [0.15, 0.2) is 0 Å². The van der Waals surface area contributed by atoms with Gasteiger partial charge in [-0.3, -0.25) is 4.79 Å². The zero-order valence-electron chi connectivity index (χ0n) is 12.9. The third kappa shape index (κ3) is 3.12. The molecular formula is C17H18N2O3S. The van der Waals surface area contributed by atoms with Crippen LogP contribution in [0.2, 0.25) is 0 Å². The lowest BCUT2D eigenvalue weighted by molar-refractivity contribution is -0.143. The van der Waals surface area contributed by atoms with Gasteiger partial charge < -0.3 is 10.0 Å². The standard InChI is InChI=1S/C17H18N2O3S/c1-11-6-2-3-7-12(11)15-18-13(10-23-15)16(20)19-9-5-4-8-14(19)17(21)22/h2-3,6-7,10,14H,4-5,8-9H2,1H3,(H,21,22)/t14-/m1/s1. The van der Waals surface area contributed by atoms with Crippen molar-refractivity contribution in [1.29, 1.82) is 0 Å². The Labute approximate surface area is 138 Å². The molecule has 1 atom stereocenters. The zero-order chi connectivity index (χ0) is 16.4. The fourth-order valence-electron chi connectivity index (χ4n) is 2.89. The summed E-state index contributed by atoms with van der Waals surface area (Å²) in [4.78, 5) is 29.9. The van der Waals surface area contributed by atoms with Crippen LogP contribution in [-0.4, -0.2) is 39.5 Å². The number of carbonyl (C=O) groups excluding carboxylic acids is 1. The van der Waals surface area contributed by atoms with Gasteiger partial charge in [0.1, 0.15) is 16.7 Å². The van der Waals surface area contributed by atoms with Crippen molar-refractivity contribution in [2.24, 2.45) is 0 Å². The maximum Gasteiger partial charge on any atom is 0.326 e. The Balaban J connectivity index is 1.86. The second-order valence-electron chi connectivity index (χ2n) is 5.70. The fraction of sp³-hybridized carbons (Fsp3) is 0.353. The van der Waals surface area contributed by atoms with Crippen LogP contribution in [0.1, 0.15) is 35.3 Å². The molecule has 0 radical (unpaired) electrons. The Kier molecular flexibility index (Phi) is 4.43. The van der Waals surface area contributed by atoms with Gasteiger partial charge in [-0.05, 0) is 31.7 Å². The lowest BCUT2D eigenvalue weighted by atomic mass is 10.0. The molecule has 0 bridgehead atoms. The van der Waals surface area contributed by atoms with Gasteiger partial charge in [0.2, 0.25) is 0 Å². The third-order valence-corrected chi connectivity index (χ3v) is 5.02. The van der Waals surface area contributed by atoms with E-state index in [0.717, 1.165) is 29.0 Å². The molecule has 120 valence electrons. The number of hydrogen-bond acceptors (Lipinski definition) is 4. The Morgan fingerprint density at radius 3 is 2.83 bits per heavy atom. The van der Waals surface area contributed by atoms with E-state index in [4.69, 9.17) is 0 Å². The summed E-state index contributed by atoms with van der Waals surface area (Å²) in [5.74, 6) is -1.22. The van der Waals surface area contributed by atoms with E-state index in [1.165, 1.54) is 16.2 Å². The third-order valence-electron chi connectivity index (χ3n) is 4.15. The summed E-state index contributed by atoms with van der Waals surface area (Å²) in [5.41, 5.74) is 2.44. The number of rotatable bonds is 3. The van der Waals surface area contributed by atoms with E-state index in [-0.39, 0.29) is 5.91 Å². The van der Waals surface area contributed by atoms with E-state index in [1.807, 2.05) is 31.2 Å². The first kappa shape index (κ1) is 15.7. The summed E-state index contributed by atoms with van der Waals surface area (Å²) >= 11 is 1.41. The first-order valence-electron chi connectivity index (χ1n) is 7.63. The van der Waals surface area contributed by atoms with Crippen molar-refractivity contribution < 1.29 is 14.7 Å². The minimum Gasteiger partial charge on any atom is -0.480 e. The van der Waals surface area contributed by atoms with Gasteiger partial charge in [-0.1, -0.05) is 24.3 Å². The monoisotopic (exact) mass is 330 g/mol. The summed E-state index contributed by atoms with van der Waals surface area (Å²) in [6.45, 7) is 2.48. The highest BCUT2D eigenvalue weighted by Crippen LogP contribution is 2.28. The zero-order valence-corrected chi connectivity index (χ0v) is 13.7. The van der Waals surface area contributed by atoms with Crippen molar-refractivity contribution in [2.45, 2.75) is 32.2 Å². The largest absolute Gasteiger partial charge is 0.480 e. The van der Waals surface area contributed by atoms with Gasteiger partial charge in [-0.15, -0.1) is 11.3 Å². The molecular weight excluding hydrogens is 312 g/mol. The van der Waals surface area contributed by atoms with Crippen molar-refractivity contribution >= 4 is 23.2 Å². The second-order valence-corrected chi connectivity index (χ2v) is 6.56. The minimum absolute atomic E-state index is 0.284. The van der Waals surface area contributed by atoms with Crippen molar-refractivity contribution in [2.75, 3.05) is 6.54 Å². The van der Waals surface area contributed by atoms with Crippen molar-refractivity contribution in [3.63, 3.8) is 0 Å². The van der Waals surface area contributed by atoms with Crippen LogP contribution in [0.4, 0.5) is 0 Å². The molecule has 2 aromatic rings. The van der Waals surface area contributed by atoms with Crippen LogP contribution in [0.5, 0.6) is 0 Å². The number of aliphatic carboxylic acids is 1. The molecule has 1 aromatic heterocycles. The Hall–Kier alpha value is -2.21. The van der Waals surface area contributed by atoms with Gasteiger partial charge in [0, 0.05) is 17.5 Å². The molecule has 0 unspecified atom stereocenters. The highest BCUT2D eigenvalue weighted by atomic mass is 32.1. The number of benzene rings is 1. The first-order chi connectivity index (χ1) is 11.1. The number of aryl methyl sites for hydroxylation is 1. The molecule has 3 rings (SSSR count). The van der Waals surface area contributed by atoms with Gasteiger partial charge in [-0.25, -0.2) is 9.78 Å². The van der Waals surface area contributed by atoms with Gasteiger partial charge in [0.25, 0.3) is 5.91 Å². The summed E-state index contributed by atoms with van der Waals surface area (Å²) in [7, 11) is 0. The van der Waals surface area contributed by atoms with E-state index < -0.39 is 12.0 Å². The Morgan fingerprint density at radius 1 is 1.30 bits per heavy atom. The molecule has 1 aliphatic rings. The highest BCUT2D eigenvalue weighted by molar-refractivity contribution is 7.13. The molecule has 1 aliphatic heterocycles. The number of aromatic nitrogens is 1. The molecule has 5 nitrogen and oxygen atoms in total. The number of piperidine rings is 1. The molecule has 1 aromatic carbocycles. The number of likely N-dealkylation sites (tertiary alicyclic amines) is 1. The first-order valence-corrected chi connectivity index (χ1v) is 8.51. The van der Waals surface area contributed by atoms with Crippen LogP contribution >= 0.6 is 11.3 Å². The molecule has 0 aliphatic carbocycles. The smallest absolute Gasteiger partial charge is 0.326 e. The molecule has 6 heteroatoms. The lowest BCUT2D eigenvalue weighted by Crippen LogP contribution is -2.48. The van der Waals surface area contributed by atoms with Crippen LogP contribution in [0, 0.1) is 6.92 Å². The fourth-order valence-corrected chi connectivity index (χ4v) is 3.77. The number of nitrogens with zero attached hydrogens (tertiary/aromatic N) is 2. The topological polar surface area (TPSA) is 70.5 Å². The Morgan fingerprint density at radius 2 is 2.09 bits per heavy atom. The van der Waals surface area contributed by atoms with Gasteiger partial charge in [0.05, 0.1) is 0 Å². The van der Waals surface area contributed by atoms with Gasteiger partial charge in [-0.2, -0.15) is 0 Å². The minimum atomic E-state index is -0.938. The molecule has 1 saturated heterocycles. The van der Waals surface area contributed by atoms with E-state index >= 15 is 0 Å². The van der Waals surface area contributed by atoms with E-state index in [9.17, 15) is 14.7 Å². The Bertz CT molecular complexity index is 741. The number of thiazole rings is 1. The van der Waals surface area contributed by atoms with Crippen molar-refractivity contribution in [1.82, 2.24) is 9.88 Å². The summed E-state index contributed by atoms with van der Waals surface area (Å²) in [6.07, 6.45) is 2.19. The van der Waals surface area contributed by atoms with Crippen LogP contribution in [0.25, 0.3) is 10.6 Å². The summed E-state index contributed by atoms with van der Waals surface area (Å²) in [5, 5.41) is 11.8. The maximum atomic E-state index is 12.7. The van der Waals surface area contributed by atoms with E-state index in [2.05, 4.69) is 4.98 Å². The number of carbonyl (C=O) groups is 2. The predicted octanol–water partition coefficient (Wildman–Crippen LogP) is 3.20. The number of carboxylic acid groups (broad SMARTS) is 1. The molecule has 0 saturated carbocycles. The molecule has 1 fully saturated rings. The SMILES string of the molecule is Cc1ccccc1-c1nc(C(=O)N2CCCC[C@@H]2C(=O)O)cs1. The normalized spacial score (nSPS) is 18.0. The van der Waals surface area contributed by atoms with Crippen LogP contribution < -0.4 is 0 Å². The molecule has 1 amide bonds. The van der Waals surface area contributed by atoms with E-state index in [0.29, 0.717) is 18.7 Å². The van der Waals surface area contributed by atoms with Crippen molar-refractivity contribution in [3.05, 3.63) is 40.9 Å². The average Bonchev–Trinajstić information content (AvgIpc) is 3.04. The molecule has 0 spiro atoms. The number of amides is 1. The van der Waals surface area contributed by atoms with Crippen LogP contribution in [0.3, 0.4) is 0 Å². The lowest BCUT2D eigenvalue weighted by Gasteiger charge is -2.32. The average molecular weight is 330 g/mol. The van der Waals surface area contributed by atoms with E-state index in [1.54, 1.807) is 5.38 Å². The van der Waals surface area contributed by atoms with Gasteiger partial charge >= 0.3 is 5.97 Å². The molecule has 2 heterocycles.